The van der Waals surface area contributed by atoms with Crippen molar-refractivity contribution in [1.82, 2.24) is 4.98 Å². The Bertz CT molecular complexity index is 1370. The Kier molecular flexibility index (Phi) is 8.99. The van der Waals surface area contributed by atoms with Gasteiger partial charge in [0.05, 0.1) is 0 Å². The quantitative estimate of drug-likeness (QED) is 0.209. The zero-order chi connectivity index (χ0) is 34.2. The van der Waals surface area contributed by atoms with Crippen LogP contribution < -0.4 is 0 Å². The van der Waals surface area contributed by atoms with Crippen LogP contribution in [0.3, 0.4) is 0 Å². The Hall–Kier alpha value is -1.97. The second-order valence-electron chi connectivity index (χ2n) is 19.1. The first-order chi connectivity index (χ1) is 22.0. The number of allylic oxidation sites excluding steroid dienone is 1. The zero-order valence-corrected chi connectivity index (χ0v) is 31.3. The number of esters is 1. The van der Waals surface area contributed by atoms with Crippen LogP contribution >= 0.6 is 0 Å². The van der Waals surface area contributed by atoms with Gasteiger partial charge in [-0.1, -0.05) is 73.6 Å². The number of ether oxygens (including phenoxy) is 1. The summed E-state index contributed by atoms with van der Waals surface area (Å²) in [7, 11) is 0. The Labute approximate surface area is 286 Å². The van der Waals surface area contributed by atoms with Gasteiger partial charge in [-0.15, -0.1) is 0 Å². The predicted molar refractivity (Wildman–Crippen MR) is 191 cm³/mol. The van der Waals surface area contributed by atoms with E-state index >= 15 is 0 Å². The van der Waals surface area contributed by atoms with Gasteiger partial charge in [-0.25, -0.2) is 0 Å². The number of nitrogens with zero attached hydrogens (tertiary/aromatic N) is 1. The van der Waals surface area contributed by atoms with Crippen LogP contribution in [-0.4, -0.2) is 22.8 Å². The Balaban J connectivity index is 1.29. The van der Waals surface area contributed by atoms with Crippen molar-refractivity contribution >= 4 is 11.8 Å². The maximum atomic E-state index is 14.7. The number of pyridine rings is 1. The lowest BCUT2D eigenvalue weighted by Crippen LogP contribution is -2.67. The molecule has 1 aromatic heterocycles. The summed E-state index contributed by atoms with van der Waals surface area (Å²) in [6.07, 6.45) is 14.4. The molecule has 260 valence electrons. The number of hydrogen-bond donors (Lipinski definition) is 0. The number of ketones is 1. The molecule has 6 unspecified atom stereocenters. The van der Waals surface area contributed by atoms with Gasteiger partial charge in [-0.05, 0) is 135 Å². The molecule has 0 saturated heterocycles. The number of carbonyl (C=O) groups is 2. The van der Waals surface area contributed by atoms with Crippen molar-refractivity contribution in [3.63, 3.8) is 0 Å². The third-order valence-electron chi connectivity index (χ3n) is 16.1. The Morgan fingerprint density at radius 2 is 1.62 bits per heavy atom. The summed E-state index contributed by atoms with van der Waals surface area (Å²) in [5.74, 6) is 3.54. The molecule has 5 saturated carbocycles. The van der Waals surface area contributed by atoms with Gasteiger partial charge in [-0.3, -0.25) is 14.6 Å². The van der Waals surface area contributed by atoms with E-state index < -0.39 is 0 Å². The van der Waals surface area contributed by atoms with E-state index in [-0.39, 0.29) is 45.1 Å². The molecule has 0 amide bonds. The lowest BCUT2D eigenvalue weighted by Gasteiger charge is -2.73. The minimum atomic E-state index is -0.221. The van der Waals surface area contributed by atoms with Crippen LogP contribution in [0.5, 0.6) is 0 Å². The van der Waals surface area contributed by atoms with Crippen LogP contribution in [-0.2, 0) is 14.3 Å². The Morgan fingerprint density at radius 1 is 0.872 bits per heavy atom. The van der Waals surface area contributed by atoms with E-state index in [0.29, 0.717) is 54.1 Å². The van der Waals surface area contributed by atoms with E-state index in [1.165, 1.54) is 31.3 Å². The van der Waals surface area contributed by atoms with Crippen molar-refractivity contribution in [3.8, 4) is 0 Å². The monoisotopic (exact) mass is 643 g/mol. The molecule has 0 bridgehead atoms. The van der Waals surface area contributed by atoms with Crippen LogP contribution in [0.25, 0.3) is 0 Å². The van der Waals surface area contributed by atoms with E-state index in [2.05, 4.69) is 79.9 Å². The lowest BCUT2D eigenvalue weighted by molar-refractivity contribution is -0.249. The molecule has 5 fully saturated rings. The van der Waals surface area contributed by atoms with Crippen molar-refractivity contribution in [2.75, 3.05) is 0 Å². The van der Waals surface area contributed by atoms with Crippen molar-refractivity contribution in [3.05, 3.63) is 42.2 Å². The normalized spacial score (nSPS) is 42.8. The van der Waals surface area contributed by atoms with Gasteiger partial charge in [0.15, 0.2) is 0 Å². The highest BCUT2D eigenvalue weighted by Crippen LogP contribution is 2.77. The largest absolute Gasteiger partial charge is 0.462 e. The highest BCUT2D eigenvalue weighted by atomic mass is 16.5. The van der Waals surface area contributed by atoms with Crippen LogP contribution in [0.1, 0.15) is 151 Å². The number of fused-ring (bicyclic) bond motifs is 7. The molecule has 0 aliphatic heterocycles. The molecule has 0 N–H and O–H groups in total. The van der Waals surface area contributed by atoms with Gasteiger partial charge < -0.3 is 4.74 Å². The molecule has 0 aromatic carbocycles. The van der Waals surface area contributed by atoms with Crippen molar-refractivity contribution in [1.29, 1.82) is 0 Å². The maximum Gasteiger partial charge on any atom is 0.306 e. The van der Waals surface area contributed by atoms with Gasteiger partial charge >= 0.3 is 5.97 Å². The molecule has 1 heterocycles. The molecule has 11 atom stereocenters. The molecule has 4 heteroatoms. The second-order valence-corrected chi connectivity index (χ2v) is 19.1. The summed E-state index contributed by atoms with van der Waals surface area (Å²) < 4.78 is 6.27. The van der Waals surface area contributed by atoms with E-state index in [4.69, 9.17) is 4.74 Å². The zero-order valence-electron chi connectivity index (χ0n) is 31.3. The highest BCUT2D eigenvalue weighted by Gasteiger charge is 2.72. The van der Waals surface area contributed by atoms with Gasteiger partial charge in [0.1, 0.15) is 11.9 Å². The third-order valence-corrected chi connectivity index (χ3v) is 16.1. The molecule has 4 nitrogen and oxygen atoms in total. The van der Waals surface area contributed by atoms with Crippen molar-refractivity contribution in [2.45, 2.75) is 151 Å². The molecule has 0 spiro atoms. The average molecular weight is 644 g/mol. The molecule has 5 aliphatic rings. The van der Waals surface area contributed by atoms with Crippen molar-refractivity contribution in [2.24, 2.45) is 62.6 Å². The Morgan fingerprint density at radius 3 is 2.28 bits per heavy atom. The van der Waals surface area contributed by atoms with E-state index in [1.54, 1.807) is 0 Å². The SMILES string of the molecule is C=C(C)C1CC[C@]2(C(=O)C[C@@H](C)c3ccccn3)CC[C@]3(C)C(CCC4[C@@]5(C)CCC(OC(=O)CC(C)C)C(C)(C)C5CC[C@]43C)C12. The summed E-state index contributed by atoms with van der Waals surface area (Å²) in [5.41, 5.74) is 2.74. The second kappa shape index (κ2) is 12.1. The van der Waals surface area contributed by atoms with Gasteiger partial charge in [-0.2, -0.15) is 0 Å². The van der Waals surface area contributed by atoms with Crippen molar-refractivity contribution < 1.29 is 14.3 Å². The van der Waals surface area contributed by atoms with E-state index in [1.807, 2.05) is 18.3 Å². The molecular weight excluding hydrogens is 578 g/mol. The molecular formula is C43H65NO3. The topological polar surface area (TPSA) is 56.3 Å². The number of hydrogen-bond acceptors (Lipinski definition) is 4. The minimum Gasteiger partial charge on any atom is -0.462 e. The lowest BCUT2D eigenvalue weighted by atomic mass is 9.32. The van der Waals surface area contributed by atoms with E-state index in [0.717, 1.165) is 44.2 Å². The van der Waals surface area contributed by atoms with Gasteiger partial charge in [0, 0.05) is 41.5 Å². The molecule has 0 radical (unpaired) electrons. The summed E-state index contributed by atoms with van der Waals surface area (Å²) in [6, 6.07) is 6.09. The molecule has 1 aromatic rings. The van der Waals surface area contributed by atoms with Crippen LogP contribution in [0, 0.1) is 62.6 Å². The summed E-state index contributed by atoms with van der Waals surface area (Å²) in [6.45, 7) is 26.0. The molecule has 6 rings (SSSR count). The van der Waals surface area contributed by atoms with Crippen LogP contribution in [0.2, 0.25) is 0 Å². The number of rotatable bonds is 8. The first-order valence-corrected chi connectivity index (χ1v) is 19.3. The fourth-order valence-corrected chi connectivity index (χ4v) is 13.6. The molecule has 5 aliphatic carbocycles. The number of aromatic nitrogens is 1. The third kappa shape index (κ3) is 5.31. The fourth-order valence-electron chi connectivity index (χ4n) is 13.6. The predicted octanol–water partition coefficient (Wildman–Crippen LogP) is 10.8. The first kappa shape index (κ1) is 34.9. The van der Waals surface area contributed by atoms with Crippen LogP contribution in [0.15, 0.2) is 36.5 Å². The average Bonchev–Trinajstić information content (AvgIpc) is 3.40. The minimum absolute atomic E-state index is 0.00714. The summed E-state index contributed by atoms with van der Waals surface area (Å²) in [4.78, 5) is 32.1. The first-order valence-electron chi connectivity index (χ1n) is 19.3. The number of carbonyl (C=O) groups excluding carboxylic acids is 2. The standard InChI is InChI=1S/C43H65NO3/c1-27(2)25-37(46)47-36-18-19-40(8)33(39(36,6)7)17-20-42(10)34(40)15-14-31-38-30(28(3)4)16-21-43(38,23-22-41(31,42)9)35(45)26-29(5)32-13-11-12-24-44-32/h11-13,24,27,29-31,33-34,36,38H,3,14-23,25-26H2,1-2,4-10H3/t29-,30?,31?,33?,34?,36?,38?,40+,41-,42-,43-/m1/s1. The van der Waals surface area contributed by atoms with E-state index in [9.17, 15) is 9.59 Å². The highest BCUT2D eigenvalue weighted by molar-refractivity contribution is 5.86. The fraction of sp³-hybridized carbons (Fsp3) is 0.791. The van der Waals surface area contributed by atoms with Crippen LogP contribution in [0.4, 0.5) is 0 Å². The summed E-state index contributed by atoms with van der Waals surface area (Å²) in [5, 5.41) is 0. The number of Topliss-reactive ketones (excluding diaryl/α,β-unsaturated/α-hetero) is 1. The summed E-state index contributed by atoms with van der Waals surface area (Å²) >= 11 is 0. The van der Waals surface area contributed by atoms with Gasteiger partial charge in [0.25, 0.3) is 0 Å². The van der Waals surface area contributed by atoms with Gasteiger partial charge in [0.2, 0.25) is 0 Å². The maximum absolute atomic E-state index is 14.7. The smallest absolute Gasteiger partial charge is 0.306 e. The molecule has 47 heavy (non-hydrogen) atoms.